The third-order valence-electron chi connectivity index (χ3n) is 4.86. The molecule has 2 aliphatic rings. The van der Waals surface area contributed by atoms with Crippen LogP contribution in [0.1, 0.15) is 72.5 Å². The zero-order valence-electron chi connectivity index (χ0n) is 11.8. The van der Waals surface area contributed by atoms with Crippen LogP contribution in [0.25, 0.3) is 0 Å². The average Bonchev–Trinajstić information content (AvgIpc) is 2.31. The highest BCUT2D eigenvalue weighted by Crippen LogP contribution is 2.40. The minimum Gasteiger partial charge on any atom is -0.393 e. The second kappa shape index (κ2) is 6.05. The van der Waals surface area contributed by atoms with Crippen LogP contribution in [-0.4, -0.2) is 11.2 Å². The number of aliphatic hydroxyl groups is 1. The second-order valence-electron chi connectivity index (χ2n) is 5.97. The van der Waals surface area contributed by atoms with E-state index in [1.165, 1.54) is 38.5 Å². The molecule has 16 heavy (non-hydrogen) atoms. The quantitative estimate of drug-likeness (QED) is 0.765. The zero-order valence-corrected chi connectivity index (χ0v) is 10.8. The molecule has 0 saturated heterocycles. The minimum atomic E-state index is -1.10. The molecule has 0 aliphatic heterocycles. The number of rotatable bonds is 3. The van der Waals surface area contributed by atoms with Crippen molar-refractivity contribution in [2.45, 2.75) is 77.2 Å². The van der Waals surface area contributed by atoms with Crippen molar-refractivity contribution in [3.05, 3.63) is 0 Å². The van der Waals surface area contributed by atoms with Crippen LogP contribution >= 0.6 is 0 Å². The summed E-state index contributed by atoms with van der Waals surface area (Å²) in [4.78, 5) is 0. The van der Waals surface area contributed by atoms with E-state index in [1.807, 2.05) is 0 Å². The van der Waals surface area contributed by atoms with Crippen molar-refractivity contribution >= 4 is 0 Å². The molecule has 0 aromatic rings. The molecule has 2 saturated carbocycles. The van der Waals surface area contributed by atoms with E-state index < -0.39 is 6.08 Å². The standard InChI is InChI=1S/C15H28O/c1-2-3-12-4-6-13(7-5-12)14-8-10-15(16)11-9-14/h12-16H,2-11H2,1H3/i15D. The summed E-state index contributed by atoms with van der Waals surface area (Å²) < 4.78 is 7.67. The van der Waals surface area contributed by atoms with Crippen molar-refractivity contribution < 1.29 is 6.48 Å². The summed E-state index contributed by atoms with van der Waals surface area (Å²) in [6, 6.07) is 0. The first-order chi connectivity index (χ1) is 8.11. The molecule has 1 N–H and O–H groups in total. The molecule has 0 bridgehead atoms. The normalized spacial score (nSPS) is 46.4. The predicted octanol–water partition coefficient (Wildman–Crippen LogP) is 4.14. The SMILES string of the molecule is [2H]C1(O)CCC(C2CCC(CCC)CC2)CC1. The van der Waals surface area contributed by atoms with Crippen LogP contribution in [-0.2, 0) is 0 Å². The van der Waals surface area contributed by atoms with Gasteiger partial charge in [-0.15, -0.1) is 0 Å². The van der Waals surface area contributed by atoms with Crippen LogP contribution in [0.4, 0.5) is 0 Å². The van der Waals surface area contributed by atoms with Gasteiger partial charge in [0.25, 0.3) is 0 Å². The summed E-state index contributed by atoms with van der Waals surface area (Å²) in [6.45, 7) is 2.29. The highest BCUT2D eigenvalue weighted by molar-refractivity contribution is 4.81. The molecule has 2 rings (SSSR count). The van der Waals surface area contributed by atoms with Crippen molar-refractivity contribution in [1.29, 1.82) is 0 Å². The summed E-state index contributed by atoms with van der Waals surface area (Å²) in [5.74, 6) is 2.70. The predicted molar refractivity (Wildman–Crippen MR) is 68.3 cm³/mol. The lowest BCUT2D eigenvalue weighted by Crippen LogP contribution is -2.27. The van der Waals surface area contributed by atoms with E-state index in [2.05, 4.69) is 6.92 Å². The smallest absolute Gasteiger partial charge is 0.0600 e. The summed E-state index contributed by atoms with van der Waals surface area (Å²) >= 11 is 0. The molecule has 0 unspecified atom stereocenters. The topological polar surface area (TPSA) is 20.2 Å². The van der Waals surface area contributed by atoms with E-state index in [-0.39, 0.29) is 0 Å². The molecule has 94 valence electrons. The van der Waals surface area contributed by atoms with Crippen molar-refractivity contribution in [3.8, 4) is 0 Å². The van der Waals surface area contributed by atoms with E-state index in [0.29, 0.717) is 12.8 Å². The Balaban J connectivity index is 1.74. The van der Waals surface area contributed by atoms with Crippen LogP contribution in [0.15, 0.2) is 0 Å². The monoisotopic (exact) mass is 225 g/mol. The van der Waals surface area contributed by atoms with Crippen molar-refractivity contribution in [1.82, 2.24) is 0 Å². The Morgan fingerprint density at radius 1 is 0.938 bits per heavy atom. The molecule has 0 aromatic carbocycles. The van der Waals surface area contributed by atoms with Gasteiger partial charge in [0, 0.05) is 0 Å². The van der Waals surface area contributed by atoms with Gasteiger partial charge in [-0.05, 0) is 56.3 Å². The molecule has 0 spiro atoms. The van der Waals surface area contributed by atoms with Crippen LogP contribution in [0.3, 0.4) is 0 Å². The van der Waals surface area contributed by atoms with E-state index >= 15 is 0 Å². The average molecular weight is 225 g/mol. The lowest BCUT2D eigenvalue weighted by molar-refractivity contribution is 0.0764. The second-order valence-corrected chi connectivity index (χ2v) is 5.97. The first-order valence-corrected chi connectivity index (χ1v) is 7.33. The van der Waals surface area contributed by atoms with E-state index in [4.69, 9.17) is 1.37 Å². The molecule has 2 fully saturated rings. The fourth-order valence-electron chi connectivity index (χ4n) is 3.80. The van der Waals surface area contributed by atoms with Crippen LogP contribution in [0.5, 0.6) is 0 Å². The molecule has 0 aromatic heterocycles. The first-order valence-electron chi connectivity index (χ1n) is 7.83. The third-order valence-corrected chi connectivity index (χ3v) is 4.86. The van der Waals surface area contributed by atoms with Crippen LogP contribution in [0, 0.1) is 17.8 Å². The van der Waals surface area contributed by atoms with E-state index in [9.17, 15) is 5.11 Å². The van der Waals surface area contributed by atoms with Gasteiger partial charge in [0.15, 0.2) is 0 Å². The van der Waals surface area contributed by atoms with Crippen molar-refractivity contribution in [2.24, 2.45) is 17.8 Å². The van der Waals surface area contributed by atoms with Gasteiger partial charge in [0.2, 0.25) is 0 Å². The zero-order chi connectivity index (χ0) is 12.3. The molecule has 0 atom stereocenters. The van der Waals surface area contributed by atoms with Crippen molar-refractivity contribution in [3.63, 3.8) is 0 Å². The molecule has 0 radical (unpaired) electrons. The summed E-state index contributed by atoms with van der Waals surface area (Å²) in [6.07, 6.45) is 10.9. The van der Waals surface area contributed by atoms with Crippen LogP contribution in [0.2, 0.25) is 0 Å². The van der Waals surface area contributed by atoms with Gasteiger partial charge >= 0.3 is 0 Å². The van der Waals surface area contributed by atoms with E-state index in [1.54, 1.807) is 0 Å². The molecule has 2 aliphatic carbocycles. The molecule has 1 nitrogen and oxygen atoms in total. The van der Waals surface area contributed by atoms with E-state index in [0.717, 1.165) is 30.6 Å². The highest BCUT2D eigenvalue weighted by Gasteiger charge is 2.29. The van der Waals surface area contributed by atoms with Crippen molar-refractivity contribution in [2.75, 3.05) is 0 Å². The lowest BCUT2D eigenvalue weighted by atomic mass is 9.70. The highest BCUT2D eigenvalue weighted by atomic mass is 16.3. The molecule has 0 amide bonds. The maximum Gasteiger partial charge on any atom is 0.0600 e. The maximum atomic E-state index is 9.67. The van der Waals surface area contributed by atoms with Gasteiger partial charge < -0.3 is 5.11 Å². The lowest BCUT2D eigenvalue weighted by Gasteiger charge is -2.36. The summed E-state index contributed by atoms with van der Waals surface area (Å²) in [5.41, 5.74) is 0. The Morgan fingerprint density at radius 2 is 1.44 bits per heavy atom. The third kappa shape index (κ3) is 3.23. The maximum absolute atomic E-state index is 9.67. The Bertz CT molecular complexity index is 221. The van der Waals surface area contributed by atoms with Crippen LogP contribution < -0.4 is 0 Å². The summed E-state index contributed by atoms with van der Waals surface area (Å²) in [5, 5.41) is 9.67. The number of hydrogen-bond donors (Lipinski definition) is 1. The Morgan fingerprint density at radius 3 is 1.94 bits per heavy atom. The fourth-order valence-corrected chi connectivity index (χ4v) is 3.80. The largest absolute Gasteiger partial charge is 0.393 e. The molecular weight excluding hydrogens is 196 g/mol. The van der Waals surface area contributed by atoms with Gasteiger partial charge in [-0.3, -0.25) is 0 Å². The number of hydrogen-bond acceptors (Lipinski definition) is 1. The first kappa shape index (κ1) is 11.1. The van der Waals surface area contributed by atoms with Gasteiger partial charge in [-0.2, -0.15) is 0 Å². The summed E-state index contributed by atoms with van der Waals surface area (Å²) in [7, 11) is 0. The Hall–Kier alpha value is -0.0400. The fraction of sp³-hybridized carbons (Fsp3) is 1.00. The Labute approximate surface area is 102 Å². The molecule has 0 heterocycles. The minimum absolute atomic E-state index is 0.701. The molecular formula is C15H28O. The Kier molecular flexibility index (Phi) is 4.18. The molecule has 1 heteroatoms. The van der Waals surface area contributed by atoms with Gasteiger partial charge in [-0.25, -0.2) is 0 Å². The van der Waals surface area contributed by atoms with Gasteiger partial charge in [0.05, 0.1) is 7.45 Å². The van der Waals surface area contributed by atoms with Gasteiger partial charge in [0.1, 0.15) is 0 Å². The van der Waals surface area contributed by atoms with Gasteiger partial charge in [-0.1, -0.05) is 32.6 Å².